The van der Waals surface area contributed by atoms with Crippen LogP contribution in [0.15, 0.2) is 30.3 Å². The molecule has 1 aliphatic rings. The predicted octanol–water partition coefficient (Wildman–Crippen LogP) is 3.64. The number of hydrogen-bond donors (Lipinski definition) is 1. The Morgan fingerprint density at radius 2 is 2.00 bits per heavy atom. The minimum Gasteiger partial charge on any atom is -0.451 e. The summed E-state index contributed by atoms with van der Waals surface area (Å²) in [4.78, 5) is 37.6. The zero-order valence-electron chi connectivity index (χ0n) is 14.2. The number of thiophene rings is 1. The zero-order chi connectivity index (χ0) is 18.7. The average Bonchev–Trinajstić information content (AvgIpc) is 3.03. The van der Waals surface area contributed by atoms with Gasteiger partial charge in [0.1, 0.15) is 4.88 Å². The van der Waals surface area contributed by atoms with Crippen molar-refractivity contribution in [1.82, 2.24) is 5.32 Å². The predicted molar refractivity (Wildman–Crippen MR) is 99.7 cm³/mol. The van der Waals surface area contributed by atoms with Crippen molar-refractivity contribution in [3.63, 3.8) is 0 Å². The normalized spacial score (nSPS) is 15.8. The third kappa shape index (κ3) is 4.51. The summed E-state index contributed by atoms with van der Waals surface area (Å²) in [6.07, 6.45) is 3.07. The molecule has 0 bridgehead atoms. The van der Waals surface area contributed by atoms with Crippen molar-refractivity contribution >= 4 is 40.7 Å². The van der Waals surface area contributed by atoms with Gasteiger partial charge in [0.15, 0.2) is 6.61 Å². The van der Waals surface area contributed by atoms with Gasteiger partial charge in [0.2, 0.25) is 0 Å². The Balaban J connectivity index is 1.52. The third-order valence-electron chi connectivity index (χ3n) is 4.22. The van der Waals surface area contributed by atoms with E-state index in [0.717, 1.165) is 19.3 Å². The lowest BCUT2D eigenvalue weighted by molar-refractivity contribution is -0.123. The van der Waals surface area contributed by atoms with Crippen LogP contribution in [0.25, 0.3) is 0 Å². The van der Waals surface area contributed by atoms with Gasteiger partial charge in [-0.25, -0.2) is 4.79 Å². The molecular formula is C19H18ClNO4S. The molecule has 1 aliphatic carbocycles. The van der Waals surface area contributed by atoms with E-state index >= 15 is 0 Å². The van der Waals surface area contributed by atoms with E-state index in [9.17, 15) is 14.4 Å². The van der Waals surface area contributed by atoms with Crippen LogP contribution in [0.1, 0.15) is 43.8 Å². The molecule has 0 aliphatic heterocycles. The molecule has 3 rings (SSSR count). The van der Waals surface area contributed by atoms with Gasteiger partial charge < -0.3 is 4.74 Å². The fourth-order valence-electron chi connectivity index (χ4n) is 2.84. The summed E-state index contributed by atoms with van der Waals surface area (Å²) in [5.74, 6) is -1.16. The molecule has 7 heteroatoms. The molecule has 1 heterocycles. The second-order valence-corrected chi connectivity index (χ2v) is 7.94. The van der Waals surface area contributed by atoms with E-state index in [0.29, 0.717) is 21.4 Å². The van der Waals surface area contributed by atoms with Gasteiger partial charge in [0, 0.05) is 15.5 Å². The topological polar surface area (TPSA) is 72.5 Å². The van der Waals surface area contributed by atoms with Crippen molar-refractivity contribution < 1.29 is 19.1 Å². The van der Waals surface area contributed by atoms with Crippen molar-refractivity contribution in [2.24, 2.45) is 5.92 Å². The first kappa shape index (κ1) is 18.6. The summed E-state index contributed by atoms with van der Waals surface area (Å²) in [6.45, 7) is 1.69. The summed E-state index contributed by atoms with van der Waals surface area (Å²) >= 11 is 7.18. The first-order valence-corrected chi connectivity index (χ1v) is 9.50. The lowest BCUT2D eigenvalue weighted by atomic mass is 9.90. The molecule has 0 unspecified atom stereocenters. The Morgan fingerprint density at radius 3 is 2.73 bits per heavy atom. The lowest BCUT2D eigenvalue weighted by Gasteiger charge is -2.16. The van der Waals surface area contributed by atoms with Crippen LogP contribution >= 0.6 is 22.9 Å². The minimum absolute atomic E-state index is 0.300. The van der Waals surface area contributed by atoms with Crippen molar-refractivity contribution in [3.8, 4) is 0 Å². The highest BCUT2D eigenvalue weighted by atomic mass is 35.5. The number of nitrogens with one attached hydrogen (secondary N) is 1. The number of benzene rings is 1. The molecule has 0 saturated carbocycles. The Morgan fingerprint density at radius 1 is 1.27 bits per heavy atom. The van der Waals surface area contributed by atoms with Crippen LogP contribution in [-0.4, -0.2) is 24.4 Å². The van der Waals surface area contributed by atoms with Gasteiger partial charge in [-0.1, -0.05) is 18.5 Å². The molecule has 0 radical (unpaired) electrons. The van der Waals surface area contributed by atoms with E-state index in [1.165, 1.54) is 33.9 Å². The molecule has 26 heavy (non-hydrogen) atoms. The Labute approximate surface area is 160 Å². The van der Waals surface area contributed by atoms with Gasteiger partial charge in [0.25, 0.3) is 11.8 Å². The SMILES string of the molecule is C[C@@H]1CCc2sc(C(=O)OCC(=O)NC(=O)c3ccc(Cl)cc3)cc2C1. The van der Waals surface area contributed by atoms with Gasteiger partial charge in [-0.2, -0.15) is 0 Å². The first-order valence-electron chi connectivity index (χ1n) is 8.31. The standard InChI is InChI=1S/C19H18ClNO4S/c1-11-2-7-15-13(8-11)9-16(26-15)19(24)25-10-17(22)21-18(23)12-3-5-14(20)6-4-12/h3-6,9,11H,2,7-8,10H2,1H3,(H,21,22,23)/t11-/m1/s1. The monoisotopic (exact) mass is 391 g/mol. The maximum absolute atomic E-state index is 12.2. The number of hydrogen-bond acceptors (Lipinski definition) is 5. The smallest absolute Gasteiger partial charge is 0.348 e. The summed E-state index contributed by atoms with van der Waals surface area (Å²) in [7, 11) is 0. The van der Waals surface area contributed by atoms with Crippen LogP contribution in [0.2, 0.25) is 5.02 Å². The second-order valence-electron chi connectivity index (χ2n) is 6.37. The van der Waals surface area contributed by atoms with E-state index in [4.69, 9.17) is 16.3 Å². The van der Waals surface area contributed by atoms with Crippen LogP contribution < -0.4 is 5.32 Å². The maximum Gasteiger partial charge on any atom is 0.348 e. The van der Waals surface area contributed by atoms with Crippen molar-refractivity contribution in [2.75, 3.05) is 6.61 Å². The van der Waals surface area contributed by atoms with Crippen LogP contribution in [0.3, 0.4) is 0 Å². The highest BCUT2D eigenvalue weighted by Gasteiger charge is 2.22. The minimum atomic E-state index is -0.673. The number of aryl methyl sites for hydroxylation is 1. The molecule has 2 amide bonds. The molecular weight excluding hydrogens is 374 g/mol. The molecule has 1 atom stereocenters. The van der Waals surface area contributed by atoms with Crippen molar-refractivity contribution in [3.05, 3.63) is 56.2 Å². The number of fused-ring (bicyclic) bond motifs is 1. The van der Waals surface area contributed by atoms with Crippen LogP contribution in [-0.2, 0) is 22.4 Å². The Kier molecular flexibility index (Phi) is 5.74. The summed E-state index contributed by atoms with van der Waals surface area (Å²) < 4.78 is 5.04. The number of esters is 1. The van der Waals surface area contributed by atoms with Gasteiger partial charge in [-0.15, -0.1) is 11.3 Å². The zero-order valence-corrected chi connectivity index (χ0v) is 15.8. The van der Waals surface area contributed by atoms with Gasteiger partial charge in [-0.3, -0.25) is 14.9 Å². The molecule has 1 aromatic carbocycles. The molecule has 0 fully saturated rings. The molecule has 1 aromatic heterocycles. The summed E-state index contributed by atoms with van der Waals surface area (Å²) in [6, 6.07) is 7.98. The van der Waals surface area contributed by atoms with Crippen LogP contribution in [0.4, 0.5) is 0 Å². The largest absolute Gasteiger partial charge is 0.451 e. The average molecular weight is 392 g/mol. The van der Waals surface area contributed by atoms with Gasteiger partial charge >= 0.3 is 5.97 Å². The number of halogens is 1. The van der Waals surface area contributed by atoms with Crippen molar-refractivity contribution in [1.29, 1.82) is 0 Å². The highest BCUT2D eigenvalue weighted by molar-refractivity contribution is 7.14. The van der Waals surface area contributed by atoms with Crippen molar-refractivity contribution in [2.45, 2.75) is 26.2 Å². The quantitative estimate of drug-likeness (QED) is 0.807. The number of rotatable bonds is 4. The molecule has 1 N–H and O–H groups in total. The Bertz CT molecular complexity index is 844. The summed E-state index contributed by atoms with van der Waals surface area (Å²) in [5, 5.41) is 2.68. The van der Waals surface area contributed by atoms with Crippen LogP contribution in [0.5, 0.6) is 0 Å². The van der Waals surface area contributed by atoms with Gasteiger partial charge in [-0.05, 0) is 61.1 Å². The third-order valence-corrected chi connectivity index (χ3v) is 5.69. The number of imide groups is 1. The molecule has 5 nitrogen and oxygen atoms in total. The number of ether oxygens (including phenoxy) is 1. The van der Waals surface area contributed by atoms with Crippen LogP contribution in [0, 0.1) is 5.92 Å². The summed E-state index contributed by atoms with van der Waals surface area (Å²) in [5.41, 5.74) is 1.50. The van der Waals surface area contributed by atoms with E-state index in [1.54, 1.807) is 12.1 Å². The van der Waals surface area contributed by atoms with E-state index in [2.05, 4.69) is 12.2 Å². The molecule has 136 valence electrons. The first-order chi connectivity index (χ1) is 12.4. The fourth-order valence-corrected chi connectivity index (χ4v) is 4.07. The molecule has 2 aromatic rings. The number of carbonyl (C=O) groups is 3. The fraction of sp³-hybridized carbons (Fsp3) is 0.316. The molecule has 0 spiro atoms. The second kappa shape index (κ2) is 8.01. The number of amides is 2. The number of carbonyl (C=O) groups excluding carboxylic acids is 3. The van der Waals surface area contributed by atoms with E-state index < -0.39 is 24.4 Å². The van der Waals surface area contributed by atoms with E-state index in [-0.39, 0.29) is 0 Å². The molecule has 0 saturated heterocycles. The highest BCUT2D eigenvalue weighted by Crippen LogP contribution is 2.32. The lowest BCUT2D eigenvalue weighted by Crippen LogP contribution is -2.34. The van der Waals surface area contributed by atoms with Gasteiger partial charge in [0.05, 0.1) is 0 Å². The maximum atomic E-state index is 12.2. The van der Waals surface area contributed by atoms with E-state index in [1.807, 2.05) is 6.07 Å². The Hall–Kier alpha value is -2.18.